The molecule has 0 spiro atoms. The molecule has 4 rings (SSSR count). The summed E-state index contributed by atoms with van der Waals surface area (Å²) in [6, 6.07) is 20.2. The molecule has 1 aromatic heterocycles. The van der Waals surface area contributed by atoms with Crippen molar-refractivity contribution in [2.75, 3.05) is 37.6 Å². The first-order chi connectivity index (χ1) is 15.1. The Kier molecular flexibility index (Phi) is 6.67. The van der Waals surface area contributed by atoms with Crippen LogP contribution in [0, 0.1) is 0 Å². The molecular formula is C25H30N4O2. The van der Waals surface area contributed by atoms with Gasteiger partial charge in [-0.05, 0) is 42.6 Å². The molecule has 1 saturated heterocycles. The Morgan fingerprint density at radius 2 is 1.68 bits per heavy atom. The number of hydrogen-bond acceptors (Lipinski definition) is 4. The van der Waals surface area contributed by atoms with Crippen LogP contribution < -0.4 is 15.8 Å². The van der Waals surface area contributed by atoms with Crippen molar-refractivity contribution < 1.29 is 4.79 Å². The number of aryl methyl sites for hydroxylation is 1. The molecule has 6 nitrogen and oxygen atoms in total. The Balaban J connectivity index is 1.21. The number of amides is 1. The summed E-state index contributed by atoms with van der Waals surface area (Å²) in [6.45, 7) is 5.26. The summed E-state index contributed by atoms with van der Waals surface area (Å²) in [5, 5.41) is 3.92. The highest BCUT2D eigenvalue weighted by atomic mass is 16.1. The van der Waals surface area contributed by atoms with Crippen LogP contribution in [-0.2, 0) is 18.4 Å². The fraction of sp³-hybridized carbons (Fsp3) is 0.360. The lowest BCUT2D eigenvalue weighted by atomic mass is 10.1. The summed E-state index contributed by atoms with van der Waals surface area (Å²) in [7, 11) is 1.77. The minimum Gasteiger partial charge on any atom is -0.369 e. The van der Waals surface area contributed by atoms with Crippen molar-refractivity contribution in [2.45, 2.75) is 19.4 Å². The Labute approximate surface area is 183 Å². The highest BCUT2D eigenvalue weighted by Gasteiger charge is 2.17. The van der Waals surface area contributed by atoms with E-state index in [0.717, 1.165) is 50.0 Å². The monoisotopic (exact) mass is 418 g/mol. The van der Waals surface area contributed by atoms with E-state index in [1.807, 2.05) is 36.4 Å². The van der Waals surface area contributed by atoms with Gasteiger partial charge >= 0.3 is 0 Å². The van der Waals surface area contributed by atoms with Gasteiger partial charge in [-0.2, -0.15) is 0 Å². The molecule has 3 aromatic rings. The predicted octanol–water partition coefficient (Wildman–Crippen LogP) is 2.76. The maximum absolute atomic E-state index is 12.5. The van der Waals surface area contributed by atoms with Gasteiger partial charge in [0.2, 0.25) is 5.91 Å². The summed E-state index contributed by atoms with van der Waals surface area (Å²) >= 11 is 0. The average Bonchev–Trinajstić information content (AvgIpc) is 2.81. The molecule has 1 N–H and O–H groups in total. The molecule has 0 aliphatic carbocycles. The number of carbonyl (C=O) groups is 1. The lowest BCUT2D eigenvalue weighted by Gasteiger charge is -2.36. The summed E-state index contributed by atoms with van der Waals surface area (Å²) in [5.74, 6) is -0.00173. The highest BCUT2D eigenvalue weighted by molar-refractivity contribution is 5.80. The number of para-hydroxylation sites is 2. The van der Waals surface area contributed by atoms with E-state index < -0.39 is 0 Å². The van der Waals surface area contributed by atoms with E-state index in [-0.39, 0.29) is 18.0 Å². The third-order valence-electron chi connectivity index (χ3n) is 6.05. The highest BCUT2D eigenvalue weighted by Crippen LogP contribution is 2.16. The third kappa shape index (κ3) is 5.14. The van der Waals surface area contributed by atoms with Crippen LogP contribution >= 0.6 is 0 Å². The van der Waals surface area contributed by atoms with E-state index in [4.69, 9.17) is 0 Å². The fourth-order valence-electron chi connectivity index (χ4n) is 4.23. The number of pyridine rings is 1. The molecule has 0 radical (unpaired) electrons. The number of rotatable bonds is 7. The molecule has 31 heavy (non-hydrogen) atoms. The predicted molar refractivity (Wildman–Crippen MR) is 125 cm³/mol. The number of anilines is 1. The van der Waals surface area contributed by atoms with Gasteiger partial charge in [0.1, 0.15) is 0 Å². The Morgan fingerprint density at radius 3 is 2.45 bits per heavy atom. The second-order valence-electron chi connectivity index (χ2n) is 8.14. The minimum absolute atomic E-state index is 0.00173. The van der Waals surface area contributed by atoms with E-state index in [0.29, 0.717) is 12.0 Å². The smallest absolute Gasteiger partial charge is 0.255 e. The maximum atomic E-state index is 12.5. The average molecular weight is 419 g/mol. The first-order valence-electron chi connectivity index (χ1n) is 11.0. The van der Waals surface area contributed by atoms with Gasteiger partial charge in [-0.15, -0.1) is 0 Å². The molecule has 1 aliphatic rings. The molecule has 1 amide bonds. The molecule has 162 valence electrons. The molecule has 0 bridgehead atoms. The number of hydrogen-bond donors (Lipinski definition) is 1. The molecule has 6 heteroatoms. The van der Waals surface area contributed by atoms with Gasteiger partial charge < -0.3 is 14.8 Å². The number of aromatic nitrogens is 1. The van der Waals surface area contributed by atoms with Crippen molar-refractivity contribution in [1.29, 1.82) is 0 Å². The van der Waals surface area contributed by atoms with E-state index in [9.17, 15) is 9.59 Å². The largest absolute Gasteiger partial charge is 0.369 e. The van der Waals surface area contributed by atoms with Crippen LogP contribution in [0.25, 0.3) is 10.9 Å². The van der Waals surface area contributed by atoms with Gasteiger partial charge in [-0.25, -0.2) is 0 Å². The Hall–Kier alpha value is -3.12. The Morgan fingerprint density at radius 1 is 0.968 bits per heavy atom. The maximum Gasteiger partial charge on any atom is 0.255 e. The molecule has 0 atom stereocenters. The lowest BCUT2D eigenvalue weighted by Crippen LogP contribution is -2.46. The topological polar surface area (TPSA) is 57.6 Å². The minimum atomic E-state index is -0.0599. The summed E-state index contributed by atoms with van der Waals surface area (Å²) in [5.41, 5.74) is 2.73. The molecule has 2 heterocycles. The van der Waals surface area contributed by atoms with Gasteiger partial charge in [0.25, 0.3) is 5.56 Å². The van der Waals surface area contributed by atoms with Gasteiger partial charge in [0.15, 0.2) is 0 Å². The van der Waals surface area contributed by atoms with Crippen LogP contribution in [0.15, 0.2) is 65.5 Å². The van der Waals surface area contributed by atoms with Crippen LogP contribution in [-0.4, -0.2) is 48.1 Å². The van der Waals surface area contributed by atoms with Crippen molar-refractivity contribution in [3.8, 4) is 0 Å². The standard InChI is InChI=1S/C25H30N4O2/c1-27-23-11-6-5-8-20(23)18-21(25(27)31)19-26-24(30)12-7-13-28-14-16-29(17-15-28)22-9-3-2-4-10-22/h2-6,8-11,18H,7,12-17,19H2,1H3,(H,26,30). The number of nitrogens with one attached hydrogen (secondary N) is 1. The van der Waals surface area contributed by atoms with E-state index >= 15 is 0 Å². The second kappa shape index (κ2) is 9.79. The number of benzene rings is 2. The second-order valence-corrected chi connectivity index (χ2v) is 8.14. The third-order valence-corrected chi connectivity index (χ3v) is 6.05. The first kappa shape index (κ1) is 21.1. The molecular weight excluding hydrogens is 388 g/mol. The molecule has 1 aliphatic heterocycles. The lowest BCUT2D eigenvalue weighted by molar-refractivity contribution is -0.121. The number of piperazine rings is 1. The van der Waals surface area contributed by atoms with Gasteiger partial charge in [-0.3, -0.25) is 14.5 Å². The number of nitrogens with zero attached hydrogens (tertiary/aromatic N) is 3. The number of carbonyl (C=O) groups excluding carboxylic acids is 1. The SMILES string of the molecule is Cn1c(=O)c(CNC(=O)CCCN2CCN(c3ccccc3)CC2)cc2ccccc21. The van der Waals surface area contributed by atoms with Gasteiger partial charge in [0, 0.05) is 57.4 Å². The van der Waals surface area contributed by atoms with Crippen molar-refractivity contribution >= 4 is 22.5 Å². The van der Waals surface area contributed by atoms with Crippen molar-refractivity contribution in [3.05, 3.63) is 76.6 Å². The van der Waals surface area contributed by atoms with E-state index in [2.05, 4.69) is 39.4 Å². The van der Waals surface area contributed by atoms with Gasteiger partial charge in [-0.1, -0.05) is 36.4 Å². The van der Waals surface area contributed by atoms with Crippen molar-refractivity contribution in [2.24, 2.45) is 7.05 Å². The van der Waals surface area contributed by atoms with E-state index in [1.165, 1.54) is 5.69 Å². The van der Waals surface area contributed by atoms with Gasteiger partial charge in [0.05, 0.1) is 5.52 Å². The first-order valence-corrected chi connectivity index (χ1v) is 11.0. The van der Waals surface area contributed by atoms with E-state index in [1.54, 1.807) is 11.6 Å². The number of fused-ring (bicyclic) bond motifs is 1. The van der Waals surface area contributed by atoms with Crippen LogP contribution in [0.3, 0.4) is 0 Å². The van der Waals surface area contributed by atoms with Crippen LogP contribution in [0.4, 0.5) is 5.69 Å². The summed E-state index contributed by atoms with van der Waals surface area (Å²) in [6.07, 6.45) is 1.31. The zero-order valence-electron chi connectivity index (χ0n) is 18.1. The summed E-state index contributed by atoms with van der Waals surface area (Å²) in [4.78, 5) is 29.7. The summed E-state index contributed by atoms with van der Waals surface area (Å²) < 4.78 is 1.64. The molecule has 2 aromatic carbocycles. The molecule has 0 saturated carbocycles. The fourth-order valence-corrected chi connectivity index (χ4v) is 4.23. The quantitative estimate of drug-likeness (QED) is 0.641. The van der Waals surface area contributed by atoms with Crippen LogP contribution in [0.1, 0.15) is 18.4 Å². The van der Waals surface area contributed by atoms with Crippen molar-refractivity contribution in [1.82, 2.24) is 14.8 Å². The Bertz CT molecular complexity index is 1090. The normalized spacial score (nSPS) is 14.7. The van der Waals surface area contributed by atoms with Crippen LogP contribution in [0.5, 0.6) is 0 Å². The molecule has 1 fully saturated rings. The zero-order valence-corrected chi connectivity index (χ0v) is 18.1. The zero-order chi connectivity index (χ0) is 21.6. The molecule has 0 unspecified atom stereocenters. The van der Waals surface area contributed by atoms with Crippen molar-refractivity contribution in [3.63, 3.8) is 0 Å². The van der Waals surface area contributed by atoms with Crippen LogP contribution in [0.2, 0.25) is 0 Å².